The summed E-state index contributed by atoms with van der Waals surface area (Å²) in [6, 6.07) is 7.67. The molecule has 0 spiro atoms. The number of thioether (sulfide) groups is 1. The van der Waals surface area contributed by atoms with Gasteiger partial charge in [0.2, 0.25) is 5.91 Å². The maximum Gasteiger partial charge on any atom is 0.344 e. The molecule has 24 heavy (non-hydrogen) atoms. The van der Waals surface area contributed by atoms with Crippen molar-refractivity contribution < 1.29 is 19.1 Å². The Morgan fingerprint density at radius 3 is 2.88 bits per heavy atom. The monoisotopic (exact) mass is 346 g/mol. The van der Waals surface area contributed by atoms with Gasteiger partial charge in [-0.25, -0.2) is 4.79 Å². The predicted octanol–water partition coefficient (Wildman–Crippen LogP) is 1.83. The topological polar surface area (TPSA) is 75.7 Å². The van der Waals surface area contributed by atoms with Gasteiger partial charge in [0.05, 0.1) is 5.69 Å². The Balaban J connectivity index is 1.55. The smallest absolute Gasteiger partial charge is 0.344 e. The maximum atomic E-state index is 12.9. The summed E-state index contributed by atoms with van der Waals surface area (Å²) < 4.78 is 5.44. The maximum absolute atomic E-state index is 12.9. The standard InChI is InChI=1S/C17H18N2O4S/c1-10(15(21)18-11-6-7-11)23-16(22)17-9-8-14(20)19(17)12-4-2-3-5-13(12)24-17/h2-5,10-11H,6-9H2,1H3,(H,18,21)/t10-,17-/m0/s1. The molecule has 4 rings (SSSR count). The Hall–Kier alpha value is -2.02. The number of rotatable bonds is 4. The third-order valence-corrected chi connectivity index (χ3v) is 6.03. The molecule has 1 saturated heterocycles. The zero-order chi connectivity index (χ0) is 16.9. The molecule has 0 aromatic heterocycles. The lowest BCUT2D eigenvalue weighted by atomic mass is 10.2. The first kappa shape index (κ1) is 15.5. The lowest BCUT2D eigenvalue weighted by molar-refractivity contribution is -0.157. The van der Waals surface area contributed by atoms with Crippen molar-refractivity contribution in [2.24, 2.45) is 0 Å². The van der Waals surface area contributed by atoms with E-state index in [1.807, 2.05) is 24.3 Å². The van der Waals surface area contributed by atoms with Crippen LogP contribution in [0.2, 0.25) is 0 Å². The van der Waals surface area contributed by atoms with Gasteiger partial charge in [0.15, 0.2) is 11.0 Å². The van der Waals surface area contributed by atoms with E-state index in [1.165, 1.54) is 11.8 Å². The van der Waals surface area contributed by atoms with Gasteiger partial charge in [-0.1, -0.05) is 23.9 Å². The van der Waals surface area contributed by atoms with Crippen molar-refractivity contribution in [2.75, 3.05) is 4.90 Å². The van der Waals surface area contributed by atoms with E-state index in [9.17, 15) is 14.4 Å². The molecule has 1 aromatic rings. The van der Waals surface area contributed by atoms with Crippen molar-refractivity contribution in [3.05, 3.63) is 24.3 Å². The number of nitrogens with zero attached hydrogens (tertiary/aromatic N) is 1. The van der Waals surface area contributed by atoms with Gasteiger partial charge in [0, 0.05) is 23.8 Å². The van der Waals surface area contributed by atoms with Crippen LogP contribution in [0.1, 0.15) is 32.6 Å². The number of amides is 2. The van der Waals surface area contributed by atoms with Crippen LogP contribution in [0.3, 0.4) is 0 Å². The number of hydrogen-bond acceptors (Lipinski definition) is 5. The molecular weight excluding hydrogens is 328 g/mol. The summed E-state index contributed by atoms with van der Waals surface area (Å²) in [5, 5.41) is 2.83. The first-order valence-corrected chi connectivity index (χ1v) is 8.95. The third-order valence-electron chi connectivity index (χ3n) is 4.57. The van der Waals surface area contributed by atoms with E-state index in [2.05, 4.69) is 5.32 Å². The van der Waals surface area contributed by atoms with Crippen LogP contribution in [0.5, 0.6) is 0 Å². The Morgan fingerprint density at radius 1 is 1.38 bits per heavy atom. The molecule has 2 amide bonds. The summed E-state index contributed by atoms with van der Waals surface area (Å²) in [4.78, 5) is 38.6. The van der Waals surface area contributed by atoms with E-state index in [0.29, 0.717) is 12.8 Å². The quantitative estimate of drug-likeness (QED) is 0.842. The molecule has 2 aliphatic heterocycles. The second kappa shape index (κ2) is 5.51. The predicted molar refractivity (Wildman–Crippen MR) is 88.5 cm³/mol. The van der Waals surface area contributed by atoms with Crippen LogP contribution in [0, 0.1) is 0 Å². The largest absolute Gasteiger partial charge is 0.450 e. The molecule has 1 aromatic carbocycles. The Kier molecular flexibility index (Phi) is 3.56. The number of ether oxygens (including phenoxy) is 1. The van der Waals surface area contributed by atoms with Crippen molar-refractivity contribution >= 4 is 35.2 Å². The normalized spacial score (nSPS) is 25.9. The molecule has 3 aliphatic rings. The van der Waals surface area contributed by atoms with Gasteiger partial charge in [-0.15, -0.1) is 0 Å². The van der Waals surface area contributed by atoms with Crippen molar-refractivity contribution in [3.63, 3.8) is 0 Å². The first-order valence-electron chi connectivity index (χ1n) is 8.14. The zero-order valence-corrected chi connectivity index (χ0v) is 14.1. The first-order chi connectivity index (χ1) is 11.5. The number of carbonyl (C=O) groups is 3. The average Bonchev–Trinajstić information content (AvgIpc) is 3.21. The van der Waals surface area contributed by atoms with E-state index in [0.717, 1.165) is 23.4 Å². The number of benzene rings is 1. The Morgan fingerprint density at radius 2 is 2.12 bits per heavy atom. The second-order valence-corrected chi connectivity index (χ2v) is 7.73. The van der Waals surface area contributed by atoms with Crippen molar-refractivity contribution in [1.82, 2.24) is 5.32 Å². The zero-order valence-electron chi connectivity index (χ0n) is 13.3. The minimum atomic E-state index is -1.07. The SMILES string of the molecule is C[C@H](OC(=O)[C@@]12CCC(=O)N1c1ccccc1S2)C(=O)NC1CC1. The van der Waals surface area contributed by atoms with Crippen LogP contribution in [0.15, 0.2) is 29.2 Å². The van der Waals surface area contributed by atoms with E-state index in [4.69, 9.17) is 4.74 Å². The summed E-state index contributed by atoms with van der Waals surface area (Å²) in [6.45, 7) is 1.57. The highest BCUT2D eigenvalue weighted by Gasteiger charge is 2.59. The third kappa shape index (κ3) is 2.38. The van der Waals surface area contributed by atoms with Gasteiger partial charge in [0.1, 0.15) is 0 Å². The van der Waals surface area contributed by atoms with Gasteiger partial charge in [-0.3, -0.25) is 14.5 Å². The molecule has 0 bridgehead atoms. The molecule has 1 aliphatic carbocycles. The second-order valence-electron chi connectivity index (χ2n) is 6.41. The van der Waals surface area contributed by atoms with E-state index >= 15 is 0 Å². The van der Waals surface area contributed by atoms with E-state index in [1.54, 1.807) is 11.8 Å². The average molecular weight is 346 g/mol. The van der Waals surface area contributed by atoms with E-state index in [-0.39, 0.29) is 17.9 Å². The highest BCUT2D eigenvalue weighted by atomic mass is 32.2. The van der Waals surface area contributed by atoms with Crippen LogP contribution in [0.4, 0.5) is 5.69 Å². The number of esters is 1. The van der Waals surface area contributed by atoms with Crippen LogP contribution >= 0.6 is 11.8 Å². The fourth-order valence-electron chi connectivity index (χ4n) is 3.12. The number of para-hydroxylation sites is 1. The Labute approximate surface area is 143 Å². The van der Waals surface area contributed by atoms with Gasteiger partial charge in [0.25, 0.3) is 5.91 Å². The van der Waals surface area contributed by atoms with E-state index < -0.39 is 16.9 Å². The molecule has 2 atom stereocenters. The summed E-state index contributed by atoms with van der Waals surface area (Å²) in [6.07, 6.45) is 1.78. The van der Waals surface area contributed by atoms with Crippen LogP contribution < -0.4 is 10.2 Å². The molecule has 1 N–H and O–H groups in total. The summed E-state index contributed by atoms with van der Waals surface area (Å²) in [5.74, 6) is -0.883. The van der Waals surface area contributed by atoms with Gasteiger partial charge >= 0.3 is 5.97 Å². The number of nitrogens with one attached hydrogen (secondary N) is 1. The summed E-state index contributed by atoms with van der Waals surface area (Å²) >= 11 is 1.34. The molecule has 2 fully saturated rings. The number of fused-ring (bicyclic) bond motifs is 3. The van der Waals surface area contributed by atoms with Gasteiger partial charge in [-0.2, -0.15) is 0 Å². The Bertz CT molecular complexity index is 733. The highest BCUT2D eigenvalue weighted by molar-refractivity contribution is 8.02. The molecule has 2 heterocycles. The van der Waals surface area contributed by atoms with Crippen molar-refractivity contribution in [3.8, 4) is 0 Å². The summed E-state index contributed by atoms with van der Waals surface area (Å²) in [7, 11) is 0. The molecule has 0 unspecified atom stereocenters. The number of anilines is 1. The summed E-state index contributed by atoms with van der Waals surface area (Å²) in [5.41, 5.74) is 0.747. The van der Waals surface area contributed by atoms with Crippen molar-refractivity contribution in [2.45, 2.75) is 54.5 Å². The minimum Gasteiger partial charge on any atom is -0.450 e. The van der Waals surface area contributed by atoms with Gasteiger partial charge in [-0.05, 0) is 31.9 Å². The van der Waals surface area contributed by atoms with Gasteiger partial charge < -0.3 is 10.1 Å². The molecule has 0 radical (unpaired) electrons. The minimum absolute atomic E-state index is 0.0838. The molecule has 6 nitrogen and oxygen atoms in total. The number of carbonyl (C=O) groups excluding carboxylic acids is 3. The fourth-order valence-corrected chi connectivity index (χ4v) is 4.53. The molecular formula is C17H18N2O4S. The highest BCUT2D eigenvalue weighted by Crippen LogP contribution is 2.56. The lowest BCUT2D eigenvalue weighted by Gasteiger charge is -2.29. The molecule has 1 saturated carbocycles. The molecule has 7 heteroatoms. The van der Waals surface area contributed by atoms with Crippen LogP contribution in [0.25, 0.3) is 0 Å². The fraction of sp³-hybridized carbons (Fsp3) is 0.471. The number of hydrogen-bond donors (Lipinski definition) is 1. The molecule has 126 valence electrons. The lowest BCUT2D eigenvalue weighted by Crippen LogP contribution is -2.50. The van der Waals surface area contributed by atoms with Crippen LogP contribution in [-0.4, -0.2) is 34.8 Å². The van der Waals surface area contributed by atoms with Crippen molar-refractivity contribution in [1.29, 1.82) is 0 Å². The van der Waals surface area contributed by atoms with Crippen LogP contribution in [-0.2, 0) is 19.1 Å².